The molecule has 0 spiro atoms. The molecule has 0 aliphatic carbocycles. The molecule has 26 heavy (non-hydrogen) atoms. The Kier molecular flexibility index (Phi) is 5.12. The first-order valence-electron chi connectivity index (χ1n) is 8.86. The van der Waals surface area contributed by atoms with Crippen LogP contribution in [-0.4, -0.2) is 43.6 Å². The first-order chi connectivity index (χ1) is 12.8. The smallest absolute Gasteiger partial charge is 0.261 e. The first kappa shape index (κ1) is 17.0. The molecule has 4 heterocycles. The van der Waals surface area contributed by atoms with Crippen LogP contribution < -0.4 is 5.32 Å². The molecule has 1 saturated heterocycles. The SMILES string of the molecule is O=C(NCCn1cccn1)c1ccc(C2CCCN2Cc2cnc[nH]2)s1. The Morgan fingerprint density at radius 2 is 2.38 bits per heavy atom. The molecule has 4 rings (SSSR count). The number of hydrogen-bond acceptors (Lipinski definition) is 5. The van der Waals surface area contributed by atoms with Crippen LogP contribution in [0.5, 0.6) is 0 Å². The number of H-pyrrole nitrogens is 1. The van der Waals surface area contributed by atoms with Crippen molar-refractivity contribution in [3.8, 4) is 0 Å². The first-order valence-corrected chi connectivity index (χ1v) is 9.68. The zero-order chi connectivity index (χ0) is 17.8. The van der Waals surface area contributed by atoms with Crippen LogP contribution in [0.2, 0.25) is 0 Å². The van der Waals surface area contributed by atoms with Crippen molar-refractivity contribution < 1.29 is 4.79 Å². The number of nitrogens with zero attached hydrogens (tertiary/aromatic N) is 4. The van der Waals surface area contributed by atoms with Gasteiger partial charge in [-0.2, -0.15) is 5.10 Å². The normalized spacial score (nSPS) is 17.6. The van der Waals surface area contributed by atoms with E-state index in [1.165, 1.54) is 11.3 Å². The summed E-state index contributed by atoms with van der Waals surface area (Å²) in [6, 6.07) is 6.30. The number of thiophene rings is 1. The van der Waals surface area contributed by atoms with Crippen molar-refractivity contribution >= 4 is 17.2 Å². The van der Waals surface area contributed by atoms with Gasteiger partial charge in [0.2, 0.25) is 0 Å². The van der Waals surface area contributed by atoms with Crippen molar-refractivity contribution in [3.05, 3.63) is 58.6 Å². The minimum atomic E-state index is -0.00785. The Morgan fingerprint density at radius 1 is 1.42 bits per heavy atom. The number of carbonyl (C=O) groups excluding carboxylic acids is 1. The van der Waals surface area contributed by atoms with Gasteiger partial charge in [0.1, 0.15) is 0 Å². The highest BCUT2D eigenvalue weighted by Gasteiger charge is 2.28. The lowest BCUT2D eigenvalue weighted by molar-refractivity contribution is 0.0956. The monoisotopic (exact) mass is 370 g/mol. The van der Waals surface area contributed by atoms with Crippen LogP contribution in [0.4, 0.5) is 0 Å². The number of likely N-dealkylation sites (tertiary alicyclic amines) is 1. The maximum Gasteiger partial charge on any atom is 0.261 e. The van der Waals surface area contributed by atoms with Gasteiger partial charge in [-0.05, 0) is 37.6 Å². The van der Waals surface area contributed by atoms with Crippen LogP contribution in [0, 0.1) is 0 Å². The number of aromatic nitrogens is 4. The number of rotatable bonds is 7. The molecule has 3 aromatic heterocycles. The molecule has 8 heteroatoms. The third-order valence-corrected chi connectivity index (χ3v) is 5.84. The zero-order valence-electron chi connectivity index (χ0n) is 14.5. The molecule has 1 aliphatic heterocycles. The Morgan fingerprint density at radius 3 is 3.19 bits per heavy atom. The second-order valence-corrected chi connectivity index (χ2v) is 7.55. The average molecular weight is 370 g/mol. The molecule has 0 bridgehead atoms. The molecule has 1 aliphatic rings. The van der Waals surface area contributed by atoms with Gasteiger partial charge >= 0.3 is 0 Å². The summed E-state index contributed by atoms with van der Waals surface area (Å²) in [5.41, 5.74) is 1.13. The molecule has 136 valence electrons. The standard InChI is InChI=1S/C18H22N6OS/c25-18(20-7-10-24-9-2-6-22-24)17-5-4-16(26-17)15-3-1-8-23(15)12-14-11-19-13-21-14/h2,4-6,9,11,13,15H,1,3,7-8,10,12H2,(H,19,21)(H,20,25). The van der Waals surface area contributed by atoms with Gasteiger partial charge in [0.15, 0.2) is 0 Å². The van der Waals surface area contributed by atoms with E-state index >= 15 is 0 Å². The highest BCUT2D eigenvalue weighted by molar-refractivity contribution is 7.14. The summed E-state index contributed by atoms with van der Waals surface area (Å²) in [5, 5.41) is 7.11. The molecule has 1 amide bonds. The van der Waals surface area contributed by atoms with E-state index in [9.17, 15) is 4.79 Å². The van der Waals surface area contributed by atoms with Crippen molar-refractivity contribution in [2.75, 3.05) is 13.1 Å². The predicted octanol–water partition coefficient (Wildman–Crippen LogP) is 2.43. The van der Waals surface area contributed by atoms with E-state index in [2.05, 4.69) is 31.3 Å². The highest BCUT2D eigenvalue weighted by atomic mass is 32.1. The number of amides is 1. The molecule has 0 radical (unpaired) electrons. The number of hydrogen-bond donors (Lipinski definition) is 2. The lowest BCUT2D eigenvalue weighted by Crippen LogP contribution is -2.26. The summed E-state index contributed by atoms with van der Waals surface area (Å²) in [4.78, 5) is 24.1. The van der Waals surface area contributed by atoms with Crippen LogP contribution in [0.3, 0.4) is 0 Å². The van der Waals surface area contributed by atoms with E-state index in [1.54, 1.807) is 23.9 Å². The Hall–Kier alpha value is -2.45. The lowest BCUT2D eigenvalue weighted by Gasteiger charge is -2.22. The van der Waals surface area contributed by atoms with E-state index < -0.39 is 0 Å². The average Bonchev–Trinajstić information content (AvgIpc) is 3.43. The molecule has 7 nitrogen and oxygen atoms in total. The predicted molar refractivity (Wildman–Crippen MR) is 99.9 cm³/mol. The fourth-order valence-corrected chi connectivity index (χ4v) is 4.48. The highest BCUT2D eigenvalue weighted by Crippen LogP contribution is 2.36. The van der Waals surface area contributed by atoms with Gasteiger partial charge in [0.05, 0.1) is 17.7 Å². The molecular weight excluding hydrogens is 348 g/mol. The minimum absolute atomic E-state index is 0.00785. The maximum absolute atomic E-state index is 12.4. The van der Waals surface area contributed by atoms with Crippen molar-refractivity contribution in [3.63, 3.8) is 0 Å². The number of aromatic amines is 1. The van der Waals surface area contributed by atoms with Crippen LogP contribution in [0.25, 0.3) is 0 Å². The maximum atomic E-state index is 12.4. The van der Waals surface area contributed by atoms with Crippen LogP contribution in [0.1, 0.15) is 39.1 Å². The number of nitrogens with one attached hydrogen (secondary N) is 2. The van der Waals surface area contributed by atoms with Gasteiger partial charge in [0, 0.05) is 48.3 Å². The van der Waals surface area contributed by atoms with Crippen molar-refractivity contribution in [1.82, 2.24) is 30.0 Å². The van der Waals surface area contributed by atoms with Gasteiger partial charge < -0.3 is 10.3 Å². The third kappa shape index (κ3) is 3.86. The molecule has 1 unspecified atom stereocenters. The molecule has 0 saturated carbocycles. The molecule has 1 atom stereocenters. The van der Waals surface area contributed by atoms with Crippen molar-refractivity contribution in [2.45, 2.75) is 32.0 Å². The largest absolute Gasteiger partial charge is 0.349 e. The van der Waals surface area contributed by atoms with E-state index in [0.29, 0.717) is 19.1 Å². The summed E-state index contributed by atoms with van der Waals surface area (Å²) in [5.74, 6) is -0.00785. The van der Waals surface area contributed by atoms with Crippen LogP contribution in [-0.2, 0) is 13.1 Å². The van der Waals surface area contributed by atoms with Crippen molar-refractivity contribution in [1.29, 1.82) is 0 Å². The topological polar surface area (TPSA) is 78.8 Å². The molecule has 3 aromatic rings. The van der Waals surface area contributed by atoms with Gasteiger partial charge in [0.25, 0.3) is 5.91 Å². The Labute approximate surface area is 156 Å². The third-order valence-electron chi connectivity index (χ3n) is 4.66. The van der Waals surface area contributed by atoms with Crippen molar-refractivity contribution in [2.24, 2.45) is 0 Å². The van der Waals surface area contributed by atoms with E-state index in [4.69, 9.17) is 0 Å². The molecule has 0 aromatic carbocycles. The summed E-state index contributed by atoms with van der Waals surface area (Å²) < 4.78 is 1.81. The summed E-state index contributed by atoms with van der Waals surface area (Å²) in [6.07, 6.45) is 9.55. The quantitative estimate of drug-likeness (QED) is 0.669. The van der Waals surface area contributed by atoms with Crippen LogP contribution in [0.15, 0.2) is 43.1 Å². The van der Waals surface area contributed by atoms with Gasteiger partial charge in [-0.15, -0.1) is 11.3 Å². The molecular formula is C18H22N6OS. The van der Waals surface area contributed by atoms with Gasteiger partial charge in [-0.1, -0.05) is 0 Å². The van der Waals surface area contributed by atoms with Crippen LogP contribution >= 0.6 is 11.3 Å². The summed E-state index contributed by atoms with van der Waals surface area (Å²) in [7, 11) is 0. The lowest BCUT2D eigenvalue weighted by atomic mass is 10.2. The van der Waals surface area contributed by atoms with E-state index in [0.717, 1.165) is 30.1 Å². The fraction of sp³-hybridized carbons (Fsp3) is 0.389. The second-order valence-electron chi connectivity index (χ2n) is 6.43. The summed E-state index contributed by atoms with van der Waals surface area (Å²) >= 11 is 1.60. The molecule has 2 N–H and O–H groups in total. The van der Waals surface area contributed by atoms with E-state index in [-0.39, 0.29) is 5.91 Å². The fourth-order valence-electron chi connectivity index (χ4n) is 3.39. The minimum Gasteiger partial charge on any atom is -0.349 e. The van der Waals surface area contributed by atoms with Gasteiger partial charge in [-0.3, -0.25) is 14.4 Å². The Balaban J connectivity index is 1.35. The van der Waals surface area contributed by atoms with E-state index in [1.807, 2.05) is 29.2 Å². The number of carbonyl (C=O) groups is 1. The van der Waals surface area contributed by atoms with Gasteiger partial charge in [-0.25, -0.2) is 4.98 Å². The Bertz CT molecular complexity index is 826. The number of imidazole rings is 1. The zero-order valence-corrected chi connectivity index (χ0v) is 15.3. The molecule has 1 fully saturated rings. The second kappa shape index (κ2) is 7.84. The summed E-state index contributed by atoms with van der Waals surface area (Å²) in [6.45, 7) is 3.20.